The minimum atomic E-state index is -2.27. The van der Waals surface area contributed by atoms with Crippen molar-refractivity contribution in [2.45, 2.75) is 24.4 Å². The van der Waals surface area contributed by atoms with E-state index in [0.29, 0.717) is 22.3 Å². The van der Waals surface area contributed by atoms with Gasteiger partial charge >= 0.3 is 23.9 Å². The standard InChI is InChI=1S/C48H42O12/c1-53-37-29-17-27-35(41(37)55-3)45(49)59-43(47(51)57-39(31-19-9-5-10-20-31)32-21-11-6-12-22-32)44(60-46(50)36-28-18-30-38(54-2)42(36)56-4)48(52)58-40(33-23-13-7-14-24-33)34-25-15-8-16-26-34/h5-30,39-40,43-44H,1-4H3/t43-,44-/m1/s1. The number of hydrogen-bond acceptors (Lipinski definition) is 12. The molecule has 0 bridgehead atoms. The van der Waals surface area contributed by atoms with Gasteiger partial charge in [-0.1, -0.05) is 133 Å². The first-order chi connectivity index (χ1) is 29.3. The van der Waals surface area contributed by atoms with E-state index in [9.17, 15) is 19.2 Å². The molecule has 60 heavy (non-hydrogen) atoms. The Kier molecular flexibility index (Phi) is 14.1. The number of hydrogen-bond donors (Lipinski definition) is 0. The second-order valence-electron chi connectivity index (χ2n) is 13.0. The van der Waals surface area contributed by atoms with Gasteiger partial charge in [0.1, 0.15) is 11.1 Å². The van der Waals surface area contributed by atoms with Crippen LogP contribution in [0.2, 0.25) is 0 Å². The van der Waals surface area contributed by atoms with E-state index in [2.05, 4.69) is 0 Å². The molecule has 0 radical (unpaired) electrons. The molecule has 6 rings (SSSR count). The van der Waals surface area contributed by atoms with Crippen molar-refractivity contribution >= 4 is 23.9 Å². The van der Waals surface area contributed by atoms with Gasteiger partial charge in [-0.05, 0) is 46.5 Å². The Balaban J connectivity index is 1.50. The highest BCUT2D eigenvalue weighted by Gasteiger charge is 2.46. The molecule has 6 aromatic rings. The van der Waals surface area contributed by atoms with Crippen LogP contribution in [0.4, 0.5) is 0 Å². The van der Waals surface area contributed by atoms with Gasteiger partial charge in [-0.15, -0.1) is 0 Å². The zero-order valence-corrected chi connectivity index (χ0v) is 33.2. The van der Waals surface area contributed by atoms with Gasteiger partial charge in [0, 0.05) is 0 Å². The lowest BCUT2D eigenvalue weighted by molar-refractivity contribution is -0.178. The molecule has 0 amide bonds. The Hall–Kier alpha value is -7.60. The van der Waals surface area contributed by atoms with Crippen molar-refractivity contribution in [3.05, 3.63) is 191 Å². The van der Waals surface area contributed by atoms with Crippen LogP contribution in [-0.4, -0.2) is 64.5 Å². The Morgan fingerprint density at radius 2 is 0.650 bits per heavy atom. The van der Waals surface area contributed by atoms with Crippen LogP contribution in [0.5, 0.6) is 23.0 Å². The van der Waals surface area contributed by atoms with Crippen molar-refractivity contribution in [1.82, 2.24) is 0 Å². The van der Waals surface area contributed by atoms with Crippen LogP contribution in [-0.2, 0) is 28.5 Å². The monoisotopic (exact) mass is 810 g/mol. The molecular weight excluding hydrogens is 769 g/mol. The molecular formula is C48H42O12. The topological polar surface area (TPSA) is 142 Å². The van der Waals surface area contributed by atoms with Gasteiger partial charge in [0.15, 0.2) is 35.2 Å². The third-order valence-electron chi connectivity index (χ3n) is 9.33. The maximum Gasteiger partial charge on any atom is 0.353 e. The third kappa shape index (κ3) is 9.74. The van der Waals surface area contributed by atoms with E-state index < -0.39 is 48.3 Å². The smallest absolute Gasteiger partial charge is 0.353 e. The summed E-state index contributed by atoms with van der Waals surface area (Å²) in [6.07, 6.45) is -6.69. The highest BCUT2D eigenvalue weighted by atomic mass is 16.6. The van der Waals surface area contributed by atoms with Crippen LogP contribution in [0.3, 0.4) is 0 Å². The van der Waals surface area contributed by atoms with E-state index in [1.165, 1.54) is 52.7 Å². The molecule has 2 atom stereocenters. The van der Waals surface area contributed by atoms with Gasteiger partial charge in [-0.3, -0.25) is 0 Å². The fourth-order valence-electron chi connectivity index (χ4n) is 6.46. The molecule has 12 heteroatoms. The van der Waals surface area contributed by atoms with Crippen molar-refractivity contribution in [1.29, 1.82) is 0 Å². The van der Waals surface area contributed by atoms with E-state index in [0.717, 1.165) is 0 Å². The van der Waals surface area contributed by atoms with E-state index in [4.69, 9.17) is 37.9 Å². The lowest BCUT2D eigenvalue weighted by atomic mass is 10.0. The largest absolute Gasteiger partial charge is 0.493 e. The molecule has 0 aliphatic rings. The lowest BCUT2D eigenvalue weighted by Gasteiger charge is -2.28. The maximum absolute atomic E-state index is 14.9. The van der Waals surface area contributed by atoms with Crippen LogP contribution >= 0.6 is 0 Å². The summed E-state index contributed by atoms with van der Waals surface area (Å²) >= 11 is 0. The first kappa shape index (κ1) is 42.0. The maximum atomic E-state index is 14.9. The molecule has 306 valence electrons. The van der Waals surface area contributed by atoms with Gasteiger partial charge in [0.2, 0.25) is 12.2 Å². The van der Waals surface area contributed by atoms with Crippen molar-refractivity contribution < 1.29 is 57.1 Å². The third-order valence-corrected chi connectivity index (χ3v) is 9.33. The summed E-state index contributed by atoms with van der Waals surface area (Å²) in [4.78, 5) is 58.3. The summed E-state index contributed by atoms with van der Waals surface area (Å²) in [7, 11) is 5.41. The molecule has 6 aromatic carbocycles. The normalized spacial score (nSPS) is 11.8. The van der Waals surface area contributed by atoms with Crippen LogP contribution in [0.15, 0.2) is 158 Å². The number of para-hydroxylation sites is 2. The molecule has 0 fully saturated rings. The van der Waals surface area contributed by atoms with Crippen LogP contribution < -0.4 is 18.9 Å². The molecule has 0 aliphatic carbocycles. The number of benzene rings is 6. The highest BCUT2D eigenvalue weighted by Crippen LogP contribution is 2.35. The summed E-state index contributed by atoms with van der Waals surface area (Å²) in [5.41, 5.74) is 1.89. The van der Waals surface area contributed by atoms with Crippen molar-refractivity contribution in [3.63, 3.8) is 0 Å². The van der Waals surface area contributed by atoms with Gasteiger partial charge in [0.25, 0.3) is 0 Å². The Bertz CT molecular complexity index is 2120. The summed E-state index contributed by atoms with van der Waals surface area (Å²) in [5.74, 6) is -4.44. The van der Waals surface area contributed by atoms with Gasteiger partial charge in [-0.25, -0.2) is 19.2 Å². The zero-order chi connectivity index (χ0) is 42.4. The molecule has 0 aliphatic heterocycles. The predicted molar refractivity (Wildman–Crippen MR) is 219 cm³/mol. The SMILES string of the molecule is COc1cccc(C(=O)O[C@@H](C(=O)OC(c2ccccc2)c2ccccc2)[C@@H](OC(=O)c2cccc(OC)c2OC)C(=O)OC(c2ccccc2)c2ccccc2)c1OC. The first-order valence-corrected chi connectivity index (χ1v) is 18.7. The fourth-order valence-corrected chi connectivity index (χ4v) is 6.46. The number of carbonyl (C=O) groups is 4. The zero-order valence-electron chi connectivity index (χ0n) is 33.2. The molecule has 0 heterocycles. The summed E-state index contributed by atoms with van der Waals surface area (Å²) < 4.78 is 46.0. The molecule has 0 saturated carbocycles. The number of rotatable bonds is 17. The molecule has 12 nitrogen and oxygen atoms in total. The molecule has 0 saturated heterocycles. The van der Waals surface area contributed by atoms with E-state index in [1.807, 2.05) is 0 Å². The second-order valence-corrected chi connectivity index (χ2v) is 13.0. The van der Waals surface area contributed by atoms with Crippen molar-refractivity contribution in [2.75, 3.05) is 28.4 Å². The Labute approximate surface area is 347 Å². The fraction of sp³-hybridized carbons (Fsp3) is 0.167. The number of ether oxygens (including phenoxy) is 8. The minimum absolute atomic E-state index is 0.0194. The van der Waals surface area contributed by atoms with Crippen LogP contribution in [0.25, 0.3) is 0 Å². The van der Waals surface area contributed by atoms with Gasteiger partial charge in [0.05, 0.1) is 28.4 Å². The van der Waals surface area contributed by atoms with Crippen LogP contribution in [0, 0.1) is 0 Å². The number of esters is 4. The predicted octanol–water partition coefficient (Wildman–Crippen LogP) is 8.14. The van der Waals surface area contributed by atoms with Gasteiger partial charge < -0.3 is 37.9 Å². The number of carbonyl (C=O) groups excluding carboxylic acids is 4. The average Bonchev–Trinajstić information content (AvgIpc) is 3.31. The summed E-state index contributed by atoms with van der Waals surface area (Å²) in [6.45, 7) is 0. The molecule has 0 spiro atoms. The molecule has 0 aromatic heterocycles. The molecule has 0 unspecified atom stereocenters. The highest BCUT2D eigenvalue weighted by molar-refractivity contribution is 5.98. The average molecular weight is 811 g/mol. The van der Waals surface area contributed by atoms with Crippen LogP contribution in [0.1, 0.15) is 55.2 Å². The summed E-state index contributed by atoms with van der Waals surface area (Å²) in [5, 5.41) is 0. The summed E-state index contributed by atoms with van der Waals surface area (Å²) in [6, 6.07) is 44.2. The second kappa shape index (κ2) is 20.2. The quantitative estimate of drug-likeness (QED) is 0.0649. The van der Waals surface area contributed by atoms with E-state index in [-0.39, 0.29) is 34.1 Å². The van der Waals surface area contributed by atoms with Gasteiger partial charge in [-0.2, -0.15) is 0 Å². The Morgan fingerprint density at radius 1 is 0.350 bits per heavy atom. The lowest BCUT2D eigenvalue weighted by Crippen LogP contribution is -2.48. The van der Waals surface area contributed by atoms with Crippen molar-refractivity contribution in [2.24, 2.45) is 0 Å². The van der Waals surface area contributed by atoms with E-state index >= 15 is 0 Å². The van der Waals surface area contributed by atoms with Crippen molar-refractivity contribution in [3.8, 4) is 23.0 Å². The Morgan fingerprint density at radius 3 is 0.917 bits per heavy atom. The first-order valence-electron chi connectivity index (χ1n) is 18.7. The molecule has 0 N–H and O–H groups in total. The minimum Gasteiger partial charge on any atom is -0.493 e. The number of methoxy groups -OCH3 is 4. The van der Waals surface area contributed by atoms with E-state index in [1.54, 1.807) is 133 Å².